The van der Waals surface area contributed by atoms with Crippen molar-refractivity contribution >= 4 is 22.5 Å². The van der Waals surface area contributed by atoms with E-state index in [2.05, 4.69) is 0 Å². The predicted molar refractivity (Wildman–Crippen MR) is 166 cm³/mol. The monoisotopic (exact) mass is 642 g/mol. The molecule has 0 radical (unpaired) electrons. The van der Waals surface area contributed by atoms with Gasteiger partial charge in [0, 0.05) is 13.2 Å². The summed E-state index contributed by atoms with van der Waals surface area (Å²) in [5.74, 6) is -1.11. The van der Waals surface area contributed by atoms with E-state index in [9.17, 15) is 40.2 Å². The Morgan fingerprint density at radius 3 is 2.52 bits per heavy atom. The van der Waals surface area contributed by atoms with E-state index in [0.717, 1.165) is 25.5 Å². The van der Waals surface area contributed by atoms with Crippen LogP contribution in [0.25, 0.3) is 10.8 Å². The molecule has 2 aromatic rings. The van der Waals surface area contributed by atoms with Gasteiger partial charge in [-0.15, -0.1) is 0 Å². The average molecular weight is 643 g/mol. The van der Waals surface area contributed by atoms with Crippen LogP contribution < -0.4 is 4.74 Å². The van der Waals surface area contributed by atoms with E-state index in [0.29, 0.717) is 36.3 Å². The first-order valence-electron chi connectivity index (χ1n) is 16.5. The van der Waals surface area contributed by atoms with Crippen LogP contribution in [0, 0.1) is 30.1 Å². The molecule has 6 N–H and O–H groups in total. The van der Waals surface area contributed by atoms with Gasteiger partial charge in [0.15, 0.2) is 5.78 Å². The van der Waals surface area contributed by atoms with E-state index in [1.807, 2.05) is 0 Å². The van der Waals surface area contributed by atoms with Gasteiger partial charge in [0.25, 0.3) is 0 Å². The van der Waals surface area contributed by atoms with Crippen LogP contribution in [0.2, 0.25) is 0 Å². The minimum Gasteiger partial charge on any atom is -0.506 e. The Bertz CT molecular complexity index is 1480. The number of phenols is 1. The fourth-order valence-corrected chi connectivity index (χ4v) is 9.27. The normalized spacial score (nSPS) is 34.0. The number of carbonyl (C=O) groups is 2. The average Bonchev–Trinajstić information content (AvgIpc) is 3.46. The summed E-state index contributed by atoms with van der Waals surface area (Å²) in [5, 5.41) is 66.0. The molecule has 2 aliphatic carbocycles. The molecule has 2 saturated heterocycles. The second kappa shape index (κ2) is 12.7. The number of hydrogen-bond acceptors (Lipinski definition) is 10. The Balaban J connectivity index is 1.26. The third-order valence-electron chi connectivity index (χ3n) is 11.5. The summed E-state index contributed by atoms with van der Waals surface area (Å²) < 4.78 is 17.7. The highest BCUT2D eigenvalue weighted by Crippen LogP contribution is 2.57. The molecule has 0 aromatic heterocycles. The molecule has 1 spiro atoms. The number of aromatic hydroxyl groups is 1. The van der Waals surface area contributed by atoms with Crippen LogP contribution in [-0.2, 0) is 9.47 Å². The number of carbonyl (C=O) groups excluding carboxylic acids is 1. The zero-order valence-electron chi connectivity index (χ0n) is 26.5. The molecule has 0 bridgehead atoms. The summed E-state index contributed by atoms with van der Waals surface area (Å²) in [4.78, 5) is 24.3. The number of phenolic OH excluding ortho intramolecular Hbond substituents is 1. The zero-order chi connectivity index (χ0) is 33.0. The Morgan fingerprint density at radius 1 is 1.11 bits per heavy atom. The van der Waals surface area contributed by atoms with Crippen molar-refractivity contribution in [1.82, 2.24) is 0 Å². The number of rotatable bonds is 8. The summed E-state index contributed by atoms with van der Waals surface area (Å²) in [6, 6.07) is 4.01. The number of hydrogen-bond donors (Lipinski definition) is 6. The Hall–Kier alpha value is -2.80. The number of aryl methyl sites for hydroxylation is 1. The summed E-state index contributed by atoms with van der Waals surface area (Å²) in [5.41, 5.74) is -1.42. The van der Waals surface area contributed by atoms with Crippen molar-refractivity contribution in [3.8, 4) is 11.5 Å². The van der Waals surface area contributed by atoms with Crippen LogP contribution in [0.1, 0.15) is 91.0 Å². The van der Waals surface area contributed by atoms with Gasteiger partial charge in [-0.05, 0) is 105 Å². The fourth-order valence-electron chi connectivity index (χ4n) is 9.27. The molecule has 46 heavy (non-hydrogen) atoms. The maximum atomic E-state index is 12.3. The molecular weight excluding hydrogens is 596 g/mol. The Morgan fingerprint density at radius 2 is 1.85 bits per heavy atom. The molecule has 252 valence electrons. The number of aliphatic hydroxyl groups excluding tert-OH is 3. The van der Waals surface area contributed by atoms with Crippen LogP contribution in [0.3, 0.4) is 0 Å². The number of aliphatic hydroxyl groups is 4. The highest BCUT2D eigenvalue weighted by molar-refractivity contribution is 6.08. The van der Waals surface area contributed by atoms with Gasteiger partial charge < -0.3 is 44.8 Å². The van der Waals surface area contributed by atoms with Crippen molar-refractivity contribution in [3.05, 3.63) is 34.9 Å². The van der Waals surface area contributed by atoms with Gasteiger partial charge >= 0.3 is 5.97 Å². The molecule has 8 unspecified atom stereocenters. The van der Waals surface area contributed by atoms with E-state index < -0.39 is 54.3 Å². The largest absolute Gasteiger partial charge is 0.506 e. The number of benzene rings is 2. The first-order valence-corrected chi connectivity index (χ1v) is 16.5. The predicted octanol–water partition coefficient (Wildman–Crippen LogP) is 3.71. The molecule has 11 nitrogen and oxygen atoms in total. The molecule has 2 saturated carbocycles. The van der Waals surface area contributed by atoms with Crippen LogP contribution >= 0.6 is 0 Å². The Labute approximate surface area is 268 Å². The zero-order valence-corrected chi connectivity index (χ0v) is 26.5. The van der Waals surface area contributed by atoms with E-state index >= 15 is 0 Å². The standard InChI is InChI=1S/C35H46O11/c1-18-11-21-12-22(32(41)42)13-25(28(21)29(38)27(18)19(2)37)45-33-30(39)31(40)35(43,26(16-36)46-33)9-5-20-14-34(7-3-4-8-34)15-23-17-44-10-6-24(20)23/h11-13,20,23-24,26,30-31,33,36,38-40,43H,3-10,14-17H2,1-2H3,(H,41,42). The number of ether oxygens (including phenoxy) is 3. The quantitative estimate of drug-likeness (QED) is 0.231. The first kappa shape index (κ1) is 33.1. The van der Waals surface area contributed by atoms with Crippen molar-refractivity contribution in [1.29, 1.82) is 0 Å². The van der Waals surface area contributed by atoms with Crippen molar-refractivity contribution in [2.45, 2.75) is 102 Å². The number of fused-ring (bicyclic) bond motifs is 2. The topological polar surface area (TPSA) is 183 Å². The molecule has 4 fully saturated rings. The summed E-state index contributed by atoms with van der Waals surface area (Å²) in [7, 11) is 0. The maximum absolute atomic E-state index is 12.3. The van der Waals surface area contributed by atoms with E-state index in [-0.39, 0.29) is 39.5 Å². The highest BCUT2D eigenvalue weighted by atomic mass is 16.7. The molecule has 6 rings (SSSR count). The third-order valence-corrected chi connectivity index (χ3v) is 11.5. The molecule has 2 aliphatic heterocycles. The Kier molecular flexibility index (Phi) is 9.12. The van der Waals surface area contributed by atoms with Gasteiger partial charge in [-0.25, -0.2) is 4.79 Å². The lowest BCUT2D eigenvalue weighted by atomic mass is 9.57. The minimum absolute atomic E-state index is 0.0247. The van der Waals surface area contributed by atoms with Gasteiger partial charge in [0.1, 0.15) is 35.4 Å². The summed E-state index contributed by atoms with van der Waals surface area (Å²) in [6.45, 7) is 3.68. The van der Waals surface area contributed by atoms with Crippen LogP contribution in [0.5, 0.6) is 11.5 Å². The maximum Gasteiger partial charge on any atom is 0.335 e. The van der Waals surface area contributed by atoms with Crippen LogP contribution in [-0.4, -0.2) is 92.4 Å². The number of carboxylic acids is 1. The molecule has 2 aromatic carbocycles. The molecule has 2 heterocycles. The van der Waals surface area contributed by atoms with Crippen molar-refractivity contribution < 1.29 is 54.4 Å². The molecular formula is C35H46O11. The van der Waals surface area contributed by atoms with Gasteiger partial charge in [0.2, 0.25) is 6.29 Å². The summed E-state index contributed by atoms with van der Waals surface area (Å²) in [6.07, 6.45) is 2.15. The SMILES string of the molecule is CC(=O)c1c(C)cc2cc(C(=O)O)cc(OC3OC(CO)C(O)(CCC4CC5(CCCC5)CC5COCCC45)C(O)C3O)c2c1O. The lowest BCUT2D eigenvalue weighted by Gasteiger charge is -2.51. The molecule has 4 aliphatic rings. The van der Waals surface area contributed by atoms with Crippen molar-refractivity contribution in [2.75, 3.05) is 19.8 Å². The lowest BCUT2D eigenvalue weighted by molar-refractivity contribution is -0.315. The number of ketones is 1. The minimum atomic E-state index is -1.99. The highest BCUT2D eigenvalue weighted by Gasteiger charge is 2.56. The molecule has 0 amide bonds. The van der Waals surface area contributed by atoms with Gasteiger partial charge in [-0.1, -0.05) is 18.9 Å². The van der Waals surface area contributed by atoms with Crippen molar-refractivity contribution in [2.24, 2.45) is 23.2 Å². The van der Waals surface area contributed by atoms with Gasteiger partial charge in [-0.3, -0.25) is 4.79 Å². The number of Topliss-reactive ketones (excluding diaryl/α,β-unsaturated/α-hetero) is 1. The lowest BCUT2D eigenvalue weighted by Crippen LogP contribution is -2.68. The van der Waals surface area contributed by atoms with Crippen molar-refractivity contribution in [3.63, 3.8) is 0 Å². The number of carboxylic acid groups (broad SMARTS) is 1. The second-order valence-corrected chi connectivity index (χ2v) is 14.3. The first-order chi connectivity index (χ1) is 21.9. The van der Waals surface area contributed by atoms with Gasteiger partial charge in [-0.2, -0.15) is 0 Å². The number of aromatic carboxylic acids is 1. The molecule has 11 heteroatoms. The van der Waals surface area contributed by atoms with Gasteiger partial charge in [0.05, 0.1) is 23.1 Å². The smallest absolute Gasteiger partial charge is 0.335 e. The van der Waals surface area contributed by atoms with Crippen LogP contribution in [0.4, 0.5) is 0 Å². The molecule has 8 atom stereocenters. The fraction of sp³-hybridized carbons (Fsp3) is 0.657. The van der Waals surface area contributed by atoms with E-state index in [1.165, 1.54) is 45.1 Å². The van der Waals surface area contributed by atoms with E-state index in [1.54, 1.807) is 13.0 Å². The third kappa shape index (κ3) is 5.79. The van der Waals surface area contributed by atoms with Crippen LogP contribution in [0.15, 0.2) is 18.2 Å². The van der Waals surface area contributed by atoms with E-state index in [4.69, 9.17) is 14.2 Å². The summed E-state index contributed by atoms with van der Waals surface area (Å²) >= 11 is 0. The second-order valence-electron chi connectivity index (χ2n) is 14.3.